The van der Waals surface area contributed by atoms with Gasteiger partial charge in [-0.3, -0.25) is 0 Å². The Balaban J connectivity index is 3.21. The first-order valence-electron chi connectivity index (χ1n) is 2.98. The van der Waals surface area contributed by atoms with Crippen LogP contribution in [0.3, 0.4) is 0 Å². The maximum atomic E-state index is 12.5. The lowest BCUT2D eigenvalue weighted by Crippen LogP contribution is -1.81. The third-order valence-corrected chi connectivity index (χ3v) is 1.33. The van der Waals surface area contributed by atoms with E-state index in [0.29, 0.717) is 0 Å². The van der Waals surface area contributed by atoms with Crippen LogP contribution in [0.5, 0.6) is 0 Å². The molecule has 0 aliphatic carbocycles. The van der Waals surface area contributed by atoms with Crippen molar-refractivity contribution in [2.75, 3.05) is 0 Å². The zero-order valence-electron chi connectivity index (χ0n) is 5.60. The second-order valence-corrected chi connectivity index (χ2v) is 2.05. The molecule has 0 nitrogen and oxygen atoms in total. The van der Waals surface area contributed by atoms with E-state index >= 15 is 0 Å². The lowest BCUT2D eigenvalue weighted by molar-refractivity contribution is 0.627. The zero-order valence-corrected chi connectivity index (χ0v) is 5.60. The number of hydrogen-bond donors (Lipinski definition) is 0. The maximum absolute atomic E-state index is 12.5. The number of halogens is 1. The Morgan fingerprint density at radius 1 is 1.40 bits per heavy atom. The molecule has 0 atom stereocenters. The first kappa shape index (κ1) is 7.00. The van der Waals surface area contributed by atoms with Crippen molar-refractivity contribution in [2.24, 2.45) is 0 Å². The molecule has 1 heteroatoms. The average Bonchev–Trinajstić information content (AvgIpc) is 1.94. The fraction of sp³-hybridized carbons (Fsp3) is 0. The Labute approximate surface area is 60.0 Å². The average molecular weight is 135 g/mol. The van der Waals surface area contributed by atoms with Crippen molar-refractivity contribution in [1.29, 1.82) is 0 Å². The van der Waals surface area contributed by atoms with Gasteiger partial charge in [0.1, 0.15) is 5.82 Å². The van der Waals surface area contributed by atoms with Crippen molar-refractivity contribution in [1.82, 2.24) is 0 Å². The summed E-state index contributed by atoms with van der Waals surface area (Å²) in [6, 6.07) is 4.43. The molecule has 0 aromatic heterocycles. The Kier molecular flexibility index (Phi) is 1.86. The predicted octanol–water partition coefficient (Wildman–Crippen LogP) is 2.65. The van der Waals surface area contributed by atoms with Crippen molar-refractivity contribution in [2.45, 2.75) is 0 Å². The minimum absolute atomic E-state index is 0.248. The highest BCUT2D eigenvalue weighted by Gasteiger charge is 1.94. The van der Waals surface area contributed by atoms with Gasteiger partial charge in [0.05, 0.1) is 0 Å². The molecule has 1 aromatic rings. The second kappa shape index (κ2) is 2.65. The molecule has 0 saturated heterocycles. The molecule has 0 N–H and O–H groups in total. The third kappa shape index (κ3) is 1.24. The van der Waals surface area contributed by atoms with Crippen molar-refractivity contribution in [3.05, 3.63) is 48.6 Å². The standard InChI is InChI=1S/C9H8F/c1-3-8-6-9(10)5-4-7(8)2/h3-6H,1-2H2. The van der Waals surface area contributed by atoms with Gasteiger partial charge in [0.15, 0.2) is 0 Å². The van der Waals surface area contributed by atoms with Crippen LogP contribution in [0, 0.1) is 12.7 Å². The van der Waals surface area contributed by atoms with Gasteiger partial charge in [0, 0.05) is 0 Å². The van der Waals surface area contributed by atoms with E-state index in [0.717, 1.165) is 11.1 Å². The number of benzene rings is 1. The molecule has 0 bridgehead atoms. The molecule has 1 aromatic carbocycles. The highest BCUT2D eigenvalue weighted by Crippen LogP contribution is 2.10. The summed E-state index contributed by atoms with van der Waals surface area (Å²) < 4.78 is 12.5. The van der Waals surface area contributed by atoms with Gasteiger partial charge >= 0.3 is 0 Å². The Bertz CT molecular complexity index is 251. The smallest absolute Gasteiger partial charge is 0.123 e. The molecule has 0 spiro atoms. The second-order valence-electron chi connectivity index (χ2n) is 2.05. The van der Waals surface area contributed by atoms with Crippen LogP contribution < -0.4 is 0 Å². The van der Waals surface area contributed by atoms with Crippen LogP contribution in [0.2, 0.25) is 0 Å². The van der Waals surface area contributed by atoms with Gasteiger partial charge in [-0.15, -0.1) is 0 Å². The molecule has 0 aliphatic rings. The molecule has 10 heavy (non-hydrogen) atoms. The van der Waals surface area contributed by atoms with Crippen LogP contribution in [0.1, 0.15) is 11.1 Å². The van der Waals surface area contributed by atoms with Crippen LogP contribution in [0.25, 0.3) is 6.08 Å². The van der Waals surface area contributed by atoms with E-state index in [-0.39, 0.29) is 5.82 Å². The van der Waals surface area contributed by atoms with Crippen molar-refractivity contribution >= 4 is 6.08 Å². The third-order valence-electron chi connectivity index (χ3n) is 1.33. The summed E-state index contributed by atoms with van der Waals surface area (Å²) in [6.45, 7) is 7.22. The van der Waals surface area contributed by atoms with Crippen LogP contribution in [0.15, 0.2) is 24.8 Å². The van der Waals surface area contributed by atoms with Crippen LogP contribution in [-0.4, -0.2) is 0 Å². The quantitative estimate of drug-likeness (QED) is 0.555. The van der Waals surface area contributed by atoms with Crippen LogP contribution in [-0.2, 0) is 0 Å². The van der Waals surface area contributed by atoms with Gasteiger partial charge in [-0.1, -0.05) is 18.7 Å². The van der Waals surface area contributed by atoms with E-state index in [2.05, 4.69) is 13.5 Å². The van der Waals surface area contributed by atoms with E-state index < -0.39 is 0 Å². The Morgan fingerprint density at radius 2 is 2.10 bits per heavy atom. The molecule has 0 aliphatic heterocycles. The van der Waals surface area contributed by atoms with E-state index in [9.17, 15) is 4.39 Å². The fourth-order valence-corrected chi connectivity index (χ4v) is 0.756. The molecule has 0 unspecified atom stereocenters. The topological polar surface area (TPSA) is 0 Å². The van der Waals surface area contributed by atoms with Gasteiger partial charge in [0.25, 0.3) is 0 Å². The zero-order chi connectivity index (χ0) is 7.56. The SMILES string of the molecule is [CH2]c1ccc(F)cc1C=C. The van der Waals surface area contributed by atoms with Gasteiger partial charge in [-0.2, -0.15) is 0 Å². The molecule has 0 saturated carbocycles. The highest BCUT2D eigenvalue weighted by atomic mass is 19.1. The van der Waals surface area contributed by atoms with Crippen LogP contribution >= 0.6 is 0 Å². The summed E-state index contributed by atoms with van der Waals surface area (Å²) in [5.74, 6) is -0.248. The predicted molar refractivity (Wildman–Crippen MR) is 41.0 cm³/mol. The summed E-state index contributed by atoms with van der Waals surface area (Å²) >= 11 is 0. The molecule has 1 rings (SSSR count). The molecular weight excluding hydrogens is 127 g/mol. The van der Waals surface area contributed by atoms with E-state index in [1.807, 2.05) is 0 Å². The van der Waals surface area contributed by atoms with Gasteiger partial charge in [-0.05, 0) is 30.2 Å². The molecule has 0 amide bonds. The van der Waals surface area contributed by atoms with Gasteiger partial charge < -0.3 is 0 Å². The van der Waals surface area contributed by atoms with E-state index in [1.165, 1.54) is 12.1 Å². The lowest BCUT2D eigenvalue weighted by atomic mass is 10.1. The maximum Gasteiger partial charge on any atom is 0.123 e. The summed E-state index contributed by atoms with van der Waals surface area (Å²) in [5, 5.41) is 0. The summed E-state index contributed by atoms with van der Waals surface area (Å²) in [4.78, 5) is 0. The minimum Gasteiger partial charge on any atom is -0.207 e. The Morgan fingerprint density at radius 3 is 2.60 bits per heavy atom. The van der Waals surface area contributed by atoms with E-state index in [1.54, 1.807) is 12.1 Å². The first-order chi connectivity index (χ1) is 4.74. The molecular formula is C9H8F. The summed E-state index contributed by atoms with van der Waals surface area (Å²) in [7, 11) is 0. The fourth-order valence-electron chi connectivity index (χ4n) is 0.756. The largest absolute Gasteiger partial charge is 0.207 e. The minimum atomic E-state index is -0.248. The monoisotopic (exact) mass is 135 g/mol. The lowest BCUT2D eigenvalue weighted by Gasteiger charge is -1.97. The van der Waals surface area contributed by atoms with E-state index in [4.69, 9.17) is 0 Å². The van der Waals surface area contributed by atoms with Crippen molar-refractivity contribution in [3.8, 4) is 0 Å². The Hall–Kier alpha value is -1.11. The molecule has 1 radical (unpaired) electrons. The van der Waals surface area contributed by atoms with Crippen molar-refractivity contribution in [3.63, 3.8) is 0 Å². The van der Waals surface area contributed by atoms with Crippen molar-refractivity contribution < 1.29 is 4.39 Å². The molecule has 0 fully saturated rings. The van der Waals surface area contributed by atoms with Crippen LogP contribution in [0.4, 0.5) is 4.39 Å². The normalized spacial score (nSPS) is 9.40. The van der Waals surface area contributed by atoms with Gasteiger partial charge in [0.2, 0.25) is 0 Å². The first-order valence-corrected chi connectivity index (χ1v) is 2.98. The summed E-state index contributed by atoms with van der Waals surface area (Å²) in [5.41, 5.74) is 1.55. The van der Waals surface area contributed by atoms with Gasteiger partial charge in [-0.25, -0.2) is 4.39 Å². The highest BCUT2D eigenvalue weighted by molar-refractivity contribution is 5.52. The number of hydrogen-bond acceptors (Lipinski definition) is 0. The summed E-state index contributed by atoms with van der Waals surface area (Å²) in [6.07, 6.45) is 1.59. The number of rotatable bonds is 1. The molecule has 51 valence electrons. The molecule has 0 heterocycles.